The quantitative estimate of drug-likeness (QED) is 0.506. The van der Waals surface area contributed by atoms with E-state index in [1.807, 2.05) is 24.3 Å². The second kappa shape index (κ2) is 6.73. The molecular weight excluding hydrogens is 234 g/mol. The average Bonchev–Trinajstić information content (AvgIpc) is 2.36. The second-order valence-corrected chi connectivity index (χ2v) is 3.86. The third kappa shape index (κ3) is 3.83. The smallest absolute Gasteiger partial charge is 0.321 e. The van der Waals surface area contributed by atoms with Crippen LogP contribution in [0.1, 0.15) is 18.1 Å². The van der Waals surface area contributed by atoms with Gasteiger partial charge in [-0.3, -0.25) is 4.79 Å². The molecule has 1 rings (SSSR count). The molecule has 1 aromatic rings. The molecule has 0 heterocycles. The Balaban J connectivity index is 2.77. The Kier molecular flexibility index (Phi) is 5.29. The first-order valence-electron chi connectivity index (χ1n) is 5.48. The number of rotatable bonds is 6. The van der Waals surface area contributed by atoms with Gasteiger partial charge in [0, 0.05) is 0 Å². The molecule has 0 spiro atoms. The van der Waals surface area contributed by atoms with Crippen molar-refractivity contribution >= 4 is 11.7 Å². The van der Waals surface area contributed by atoms with Crippen LogP contribution in [0.2, 0.25) is 0 Å². The Hall–Kier alpha value is -1.92. The maximum Gasteiger partial charge on any atom is 0.321 e. The van der Waals surface area contributed by atoms with Crippen LogP contribution in [-0.4, -0.2) is 29.9 Å². The fourth-order valence-electron chi connectivity index (χ4n) is 1.56. The van der Waals surface area contributed by atoms with Crippen molar-refractivity contribution in [2.75, 3.05) is 7.05 Å². The number of hydrogen-bond acceptors (Lipinski definition) is 5. The Morgan fingerprint density at radius 3 is 2.56 bits per heavy atom. The number of aliphatic carboxylic acids is 1. The van der Waals surface area contributed by atoms with Crippen LogP contribution in [0.3, 0.4) is 0 Å². The lowest BCUT2D eigenvalue weighted by atomic mass is 10.0. The molecule has 0 aliphatic carbocycles. The van der Waals surface area contributed by atoms with Crippen LogP contribution in [0.5, 0.6) is 0 Å². The Morgan fingerprint density at radius 2 is 2.11 bits per heavy atom. The van der Waals surface area contributed by atoms with Crippen molar-refractivity contribution in [3.05, 3.63) is 35.4 Å². The molecule has 0 saturated heterocycles. The topological polar surface area (TPSA) is 96.9 Å². The fraction of sp³-hybridized carbons (Fsp3) is 0.333. The van der Waals surface area contributed by atoms with Gasteiger partial charge < -0.3 is 15.4 Å². The van der Waals surface area contributed by atoms with Crippen molar-refractivity contribution in [1.29, 1.82) is 0 Å². The van der Waals surface area contributed by atoms with Gasteiger partial charge in [-0.05, 0) is 31.5 Å². The van der Waals surface area contributed by atoms with E-state index in [0.29, 0.717) is 12.1 Å². The normalized spacial score (nSPS) is 13.2. The summed E-state index contributed by atoms with van der Waals surface area (Å²) >= 11 is 0. The van der Waals surface area contributed by atoms with Gasteiger partial charge in [-0.1, -0.05) is 29.4 Å². The van der Waals surface area contributed by atoms with Crippen molar-refractivity contribution in [3.63, 3.8) is 0 Å². The number of hydrogen-bond donors (Lipinski definition) is 3. The van der Waals surface area contributed by atoms with E-state index in [-0.39, 0.29) is 0 Å². The van der Waals surface area contributed by atoms with Crippen LogP contribution in [-0.2, 0) is 16.2 Å². The first kappa shape index (κ1) is 14.1. The van der Waals surface area contributed by atoms with Gasteiger partial charge in [-0.25, -0.2) is 0 Å². The van der Waals surface area contributed by atoms with Gasteiger partial charge in [0.1, 0.15) is 6.04 Å². The van der Waals surface area contributed by atoms with E-state index in [0.717, 1.165) is 11.1 Å². The molecule has 6 heteroatoms. The largest absolute Gasteiger partial charge is 0.480 e. The minimum atomic E-state index is -0.865. The minimum absolute atomic E-state index is 0.426. The van der Waals surface area contributed by atoms with Crippen molar-refractivity contribution in [2.24, 2.45) is 11.1 Å². The van der Waals surface area contributed by atoms with Crippen molar-refractivity contribution in [2.45, 2.75) is 19.4 Å². The van der Waals surface area contributed by atoms with Crippen LogP contribution >= 0.6 is 0 Å². The van der Waals surface area contributed by atoms with E-state index in [2.05, 4.69) is 15.4 Å². The molecule has 0 amide bonds. The molecule has 98 valence electrons. The molecule has 0 saturated carbocycles. The zero-order valence-corrected chi connectivity index (χ0v) is 10.4. The Bertz CT molecular complexity index is 429. The van der Waals surface area contributed by atoms with Gasteiger partial charge >= 0.3 is 5.97 Å². The molecule has 6 nitrogen and oxygen atoms in total. The summed E-state index contributed by atoms with van der Waals surface area (Å²) in [6, 6.07) is 6.83. The average molecular weight is 251 g/mol. The molecule has 18 heavy (non-hydrogen) atoms. The highest BCUT2D eigenvalue weighted by Crippen LogP contribution is 2.08. The van der Waals surface area contributed by atoms with Crippen molar-refractivity contribution in [3.8, 4) is 0 Å². The molecule has 1 atom stereocenters. The third-order valence-corrected chi connectivity index (χ3v) is 2.65. The third-order valence-electron chi connectivity index (χ3n) is 2.65. The summed E-state index contributed by atoms with van der Waals surface area (Å²) < 4.78 is 0. The van der Waals surface area contributed by atoms with Crippen molar-refractivity contribution < 1.29 is 14.8 Å². The molecular formula is C12H17N3O3. The zero-order valence-electron chi connectivity index (χ0n) is 10.4. The Morgan fingerprint density at radius 1 is 1.50 bits per heavy atom. The van der Waals surface area contributed by atoms with Crippen LogP contribution in [0.15, 0.2) is 29.4 Å². The number of carboxylic acids is 1. The number of likely N-dealkylation sites (N-methyl/N-ethyl adjacent to an activating group) is 1. The summed E-state index contributed by atoms with van der Waals surface area (Å²) in [6.45, 7) is 1.77. The van der Waals surface area contributed by atoms with Gasteiger partial charge in [0.2, 0.25) is 0 Å². The molecule has 1 unspecified atom stereocenters. The van der Waals surface area contributed by atoms with Gasteiger partial charge in [-0.15, -0.1) is 5.90 Å². The summed E-state index contributed by atoms with van der Waals surface area (Å²) in [5.41, 5.74) is 2.47. The predicted octanol–water partition coefficient (Wildman–Crippen LogP) is 0.516. The molecule has 0 bridgehead atoms. The highest BCUT2D eigenvalue weighted by Gasteiger charge is 2.15. The minimum Gasteiger partial charge on any atom is -0.480 e. The number of benzene rings is 1. The van der Waals surface area contributed by atoms with E-state index < -0.39 is 12.0 Å². The van der Waals surface area contributed by atoms with Gasteiger partial charge in [-0.2, -0.15) is 0 Å². The summed E-state index contributed by atoms with van der Waals surface area (Å²) in [6.07, 6.45) is 0.426. The first-order chi connectivity index (χ1) is 8.58. The predicted molar refractivity (Wildman–Crippen MR) is 68.1 cm³/mol. The van der Waals surface area contributed by atoms with Crippen LogP contribution in [0, 0.1) is 0 Å². The van der Waals surface area contributed by atoms with Gasteiger partial charge in [0.15, 0.2) is 0 Å². The Labute approximate surface area is 105 Å². The highest BCUT2D eigenvalue weighted by molar-refractivity contribution is 5.98. The number of oxime groups is 1. The number of nitrogens with one attached hydrogen (secondary N) is 1. The number of carbonyl (C=O) groups is 1. The standard InChI is InChI=1S/C12H17N3O3/c1-8(15-18-13)10-5-3-9(4-6-10)7-11(14-2)12(16)17/h3-6,11,14H,7,13H2,1-2H3,(H,16,17)/b15-8-. The van der Waals surface area contributed by atoms with Crippen LogP contribution < -0.4 is 11.2 Å². The van der Waals surface area contributed by atoms with Crippen LogP contribution in [0.4, 0.5) is 0 Å². The molecule has 4 N–H and O–H groups in total. The maximum atomic E-state index is 10.9. The summed E-state index contributed by atoms with van der Waals surface area (Å²) in [4.78, 5) is 15.1. The lowest BCUT2D eigenvalue weighted by molar-refractivity contribution is -0.139. The lowest BCUT2D eigenvalue weighted by Crippen LogP contribution is -2.35. The number of carboxylic acid groups (broad SMARTS) is 1. The summed E-state index contributed by atoms with van der Waals surface area (Å²) in [5.74, 6) is 3.99. The lowest BCUT2D eigenvalue weighted by Gasteiger charge is -2.11. The molecule has 0 aromatic heterocycles. The van der Waals surface area contributed by atoms with Crippen LogP contribution in [0.25, 0.3) is 0 Å². The molecule has 0 fully saturated rings. The van der Waals surface area contributed by atoms with Crippen molar-refractivity contribution in [1.82, 2.24) is 5.32 Å². The van der Waals surface area contributed by atoms with E-state index in [1.54, 1.807) is 14.0 Å². The highest BCUT2D eigenvalue weighted by atomic mass is 16.7. The van der Waals surface area contributed by atoms with Gasteiger partial charge in [0.05, 0.1) is 5.71 Å². The van der Waals surface area contributed by atoms with E-state index in [4.69, 9.17) is 11.0 Å². The monoisotopic (exact) mass is 251 g/mol. The molecule has 0 aliphatic heterocycles. The molecule has 0 aliphatic rings. The number of nitrogens with two attached hydrogens (primary N) is 1. The summed E-state index contributed by atoms with van der Waals surface area (Å²) in [5, 5.41) is 15.3. The summed E-state index contributed by atoms with van der Waals surface area (Å²) in [7, 11) is 1.63. The zero-order chi connectivity index (χ0) is 13.5. The van der Waals surface area contributed by atoms with E-state index in [1.165, 1.54) is 0 Å². The first-order valence-corrected chi connectivity index (χ1v) is 5.48. The van der Waals surface area contributed by atoms with E-state index >= 15 is 0 Å². The van der Waals surface area contributed by atoms with Gasteiger partial charge in [0.25, 0.3) is 0 Å². The second-order valence-electron chi connectivity index (χ2n) is 3.86. The molecule has 0 radical (unpaired) electrons. The SMILES string of the molecule is CNC(Cc1ccc(/C(C)=N\ON)cc1)C(=O)O. The maximum absolute atomic E-state index is 10.9. The molecule has 1 aromatic carbocycles. The number of nitrogens with zero attached hydrogens (tertiary/aromatic N) is 1. The fourth-order valence-corrected chi connectivity index (χ4v) is 1.56. The van der Waals surface area contributed by atoms with E-state index in [9.17, 15) is 4.79 Å².